The van der Waals surface area contributed by atoms with Crippen molar-refractivity contribution >= 4 is 29.0 Å². The van der Waals surface area contributed by atoms with Crippen LogP contribution in [0.2, 0.25) is 0 Å². The van der Waals surface area contributed by atoms with Gasteiger partial charge in [-0.3, -0.25) is 4.57 Å². The van der Waals surface area contributed by atoms with Crippen LogP contribution in [0.3, 0.4) is 0 Å². The van der Waals surface area contributed by atoms with Crippen molar-refractivity contribution in [3.63, 3.8) is 0 Å². The second-order valence-corrected chi connectivity index (χ2v) is 7.92. The highest BCUT2D eigenvalue weighted by atomic mass is 32.2. The van der Waals surface area contributed by atoms with E-state index in [0.29, 0.717) is 5.82 Å². The molecular formula is C19H24N4O4S. The Morgan fingerprint density at radius 2 is 2.14 bits per heavy atom. The van der Waals surface area contributed by atoms with Crippen molar-refractivity contribution in [2.24, 2.45) is 0 Å². The van der Waals surface area contributed by atoms with Crippen molar-refractivity contribution in [1.29, 1.82) is 0 Å². The lowest BCUT2D eigenvalue weighted by molar-refractivity contribution is -0.0460. The molecule has 1 aromatic heterocycles. The number of aliphatic hydroxyl groups is 2. The number of benzene rings is 1. The van der Waals surface area contributed by atoms with Crippen molar-refractivity contribution in [3.8, 4) is 0 Å². The monoisotopic (exact) mass is 404 g/mol. The minimum absolute atomic E-state index is 0.244. The fraction of sp³-hybridized carbons (Fsp3) is 0.474. The van der Waals surface area contributed by atoms with E-state index in [2.05, 4.69) is 47.2 Å². The average molecular weight is 404 g/mol. The first-order valence-corrected chi connectivity index (χ1v) is 10.3. The Morgan fingerprint density at radius 3 is 2.82 bits per heavy atom. The summed E-state index contributed by atoms with van der Waals surface area (Å²) in [5.41, 5.74) is 1.60. The molecule has 3 atom stereocenters. The van der Waals surface area contributed by atoms with Gasteiger partial charge in [0.15, 0.2) is 5.82 Å². The zero-order valence-electron chi connectivity index (χ0n) is 15.8. The molecule has 2 aliphatic rings. The number of aromatic nitrogens is 2. The van der Waals surface area contributed by atoms with E-state index in [4.69, 9.17) is 4.74 Å². The van der Waals surface area contributed by atoms with Gasteiger partial charge in [-0.05, 0) is 32.0 Å². The van der Waals surface area contributed by atoms with Crippen LogP contribution in [0.15, 0.2) is 39.0 Å². The predicted molar refractivity (Wildman–Crippen MR) is 108 cm³/mol. The Bertz CT molecular complexity index is 931. The molecule has 1 saturated heterocycles. The van der Waals surface area contributed by atoms with E-state index >= 15 is 0 Å². The lowest BCUT2D eigenvalue weighted by atomic mass is 10.2. The normalized spacial score (nSPS) is 23.1. The molecule has 3 heterocycles. The maximum absolute atomic E-state index is 12.5. The summed E-state index contributed by atoms with van der Waals surface area (Å²) in [4.78, 5) is 20.8. The van der Waals surface area contributed by atoms with Crippen LogP contribution < -0.4 is 15.9 Å². The Kier molecular flexibility index (Phi) is 5.33. The zero-order chi connectivity index (χ0) is 19.8. The van der Waals surface area contributed by atoms with Gasteiger partial charge in [-0.25, -0.2) is 4.79 Å². The smallest absolute Gasteiger partial charge is 0.351 e. The van der Waals surface area contributed by atoms with Crippen LogP contribution in [0, 0.1) is 0 Å². The van der Waals surface area contributed by atoms with Crippen LogP contribution in [0.5, 0.6) is 0 Å². The number of fused-ring (bicyclic) bond motifs is 2. The Labute approximate surface area is 167 Å². The molecule has 0 saturated carbocycles. The Balaban J connectivity index is 1.63. The molecule has 4 rings (SSSR count). The van der Waals surface area contributed by atoms with Crippen LogP contribution in [0.1, 0.15) is 26.5 Å². The number of aliphatic hydroxyl groups excluding tert-OH is 2. The molecule has 28 heavy (non-hydrogen) atoms. The molecule has 1 aromatic carbocycles. The van der Waals surface area contributed by atoms with Gasteiger partial charge >= 0.3 is 5.69 Å². The van der Waals surface area contributed by atoms with Crippen molar-refractivity contribution in [2.75, 3.05) is 29.9 Å². The molecule has 1 fully saturated rings. The largest absolute Gasteiger partial charge is 0.394 e. The first-order valence-electron chi connectivity index (χ1n) is 9.45. The van der Waals surface area contributed by atoms with Gasteiger partial charge in [0, 0.05) is 36.3 Å². The zero-order valence-corrected chi connectivity index (χ0v) is 16.6. The quantitative estimate of drug-likeness (QED) is 0.593. The number of nitrogens with zero attached hydrogens (tertiary/aromatic N) is 3. The second-order valence-electron chi connectivity index (χ2n) is 6.84. The number of hydrogen-bond acceptors (Lipinski definition) is 8. The molecule has 2 aromatic rings. The van der Waals surface area contributed by atoms with Gasteiger partial charge in [0.05, 0.1) is 23.3 Å². The summed E-state index contributed by atoms with van der Waals surface area (Å²) in [6.45, 7) is 5.79. The molecule has 0 bridgehead atoms. The third kappa shape index (κ3) is 3.39. The minimum Gasteiger partial charge on any atom is -0.394 e. The highest BCUT2D eigenvalue weighted by Gasteiger charge is 2.35. The van der Waals surface area contributed by atoms with Gasteiger partial charge < -0.3 is 25.2 Å². The second kappa shape index (κ2) is 7.75. The topological polar surface area (TPSA) is 99.9 Å². The van der Waals surface area contributed by atoms with Crippen LogP contribution in [-0.2, 0) is 4.74 Å². The molecule has 9 heteroatoms. The number of anilines is 3. The molecule has 8 nitrogen and oxygen atoms in total. The number of hydrogen-bond donors (Lipinski definition) is 3. The van der Waals surface area contributed by atoms with Gasteiger partial charge in [-0.1, -0.05) is 11.8 Å². The highest BCUT2D eigenvalue weighted by molar-refractivity contribution is 7.99. The van der Waals surface area contributed by atoms with Crippen LogP contribution in [0.25, 0.3) is 0 Å². The van der Waals surface area contributed by atoms with E-state index in [1.807, 2.05) is 0 Å². The maximum Gasteiger partial charge on any atom is 0.351 e. The van der Waals surface area contributed by atoms with E-state index in [9.17, 15) is 15.0 Å². The molecule has 0 radical (unpaired) electrons. The summed E-state index contributed by atoms with van der Waals surface area (Å²) in [5.74, 6) is 0.521. The first-order chi connectivity index (χ1) is 13.5. The first kappa shape index (κ1) is 19.3. The Hall–Kier alpha value is -2.07. The van der Waals surface area contributed by atoms with E-state index in [1.54, 1.807) is 6.20 Å². The van der Waals surface area contributed by atoms with Crippen molar-refractivity contribution < 1.29 is 14.9 Å². The molecule has 150 valence electrons. The number of rotatable bonds is 5. The average Bonchev–Trinajstić information content (AvgIpc) is 3.07. The maximum atomic E-state index is 12.5. The van der Waals surface area contributed by atoms with Gasteiger partial charge in [-0.15, -0.1) is 0 Å². The summed E-state index contributed by atoms with van der Waals surface area (Å²) in [5, 5.41) is 22.5. The summed E-state index contributed by atoms with van der Waals surface area (Å²) >= 11 is 1.54. The van der Waals surface area contributed by atoms with E-state index in [0.717, 1.165) is 34.3 Å². The molecule has 0 spiro atoms. The van der Waals surface area contributed by atoms with Gasteiger partial charge in [-0.2, -0.15) is 4.98 Å². The highest BCUT2D eigenvalue weighted by Crippen LogP contribution is 2.44. The van der Waals surface area contributed by atoms with E-state index < -0.39 is 24.1 Å². The molecular weight excluding hydrogens is 380 g/mol. The van der Waals surface area contributed by atoms with Crippen LogP contribution in [-0.4, -0.2) is 51.7 Å². The fourth-order valence-corrected chi connectivity index (χ4v) is 4.56. The minimum atomic E-state index is -0.803. The fourth-order valence-electron chi connectivity index (χ4n) is 3.61. The molecule has 0 amide bonds. The summed E-state index contributed by atoms with van der Waals surface area (Å²) in [6, 6.07) is 6.24. The van der Waals surface area contributed by atoms with Gasteiger partial charge in [0.1, 0.15) is 12.3 Å². The van der Waals surface area contributed by atoms with Crippen molar-refractivity contribution in [2.45, 2.75) is 48.5 Å². The lowest BCUT2D eigenvalue weighted by Crippen LogP contribution is -2.29. The van der Waals surface area contributed by atoms with Crippen LogP contribution in [0.4, 0.5) is 17.2 Å². The van der Waals surface area contributed by atoms with Gasteiger partial charge in [0.25, 0.3) is 0 Å². The lowest BCUT2D eigenvalue weighted by Gasteiger charge is -2.25. The summed E-state index contributed by atoms with van der Waals surface area (Å²) in [6.07, 6.45) is -0.167. The number of ether oxygens (including phenoxy) is 1. The Morgan fingerprint density at radius 1 is 1.36 bits per heavy atom. The molecule has 3 N–H and O–H groups in total. The third-order valence-corrected chi connectivity index (χ3v) is 6.27. The van der Waals surface area contributed by atoms with Crippen molar-refractivity contribution in [1.82, 2.24) is 9.55 Å². The molecule has 2 aliphatic heterocycles. The summed E-state index contributed by atoms with van der Waals surface area (Å²) in [7, 11) is 0. The number of nitrogens with one attached hydrogen (secondary N) is 1. The van der Waals surface area contributed by atoms with Crippen molar-refractivity contribution in [3.05, 3.63) is 34.9 Å². The SMILES string of the molecule is CCN(CC)c1ccc2c(c1)Nc1nc(=O)n(C3CC(O)C(CO)O3)cc1S2. The predicted octanol–water partition coefficient (Wildman–Crippen LogP) is 1.94. The molecule has 3 unspecified atom stereocenters. The standard InChI is InChI=1S/C19H24N4O4S/c1-3-22(4-2)11-5-6-15-12(7-11)20-18-16(28-15)9-23(19(26)21-18)17-8-13(25)14(10-24)27-17/h5-7,9,13-14,17,24-25H,3-4,8,10H2,1-2H3,(H,20,21,26). The van der Waals surface area contributed by atoms with E-state index in [-0.39, 0.29) is 13.0 Å². The summed E-state index contributed by atoms with van der Waals surface area (Å²) < 4.78 is 7.00. The third-order valence-electron chi connectivity index (χ3n) is 5.18. The van der Waals surface area contributed by atoms with Crippen LogP contribution >= 0.6 is 11.8 Å². The molecule has 0 aliphatic carbocycles. The van der Waals surface area contributed by atoms with Gasteiger partial charge in [0.2, 0.25) is 0 Å². The van der Waals surface area contributed by atoms with E-state index in [1.165, 1.54) is 16.3 Å².